The lowest BCUT2D eigenvalue weighted by Gasteiger charge is -2.43. The SMILES string of the molecule is CCOC(=O)Oc1c(C(=O)N=C(C(=O)N[C@@H]2C(=O)N3[C@@H]2SC(C)(C)[C@@H]3C(=O)O)c2ccccc2)cnc2cc(COc3ccc(Cl)cc3)c(CC)cc12. The molecule has 2 aliphatic rings. The Morgan fingerprint density at radius 3 is 2.42 bits per heavy atom. The highest BCUT2D eigenvalue weighted by atomic mass is 35.5. The van der Waals surface area contributed by atoms with Crippen LogP contribution >= 0.6 is 23.4 Å². The third-order valence-corrected chi connectivity index (χ3v) is 10.7. The molecule has 2 fully saturated rings. The monoisotopic (exact) mass is 758 g/mol. The number of benzene rings is 3. The van der Waals surface area contributed by atoms with Crippen LogP contribution in [0.5, 0.6) is 11.5 Å². The molecule has 3 atom stereocenters. The quantitative estimate of drug-likeness (QED) is 0.107. The van der Waals surface area contributed by atoms with Crippen LogP contribution in [-0.2, 0) is 32.1 Å². The number of β-lactam (4-membered cyclic amide) rings is 1. The Morgan fingerprint density at radius 2 is 1.75 bits per heavy atom. The Bertz CT molecular complexity index is 2140. The van der Waals surface area contributed by atoms with E-state index in [2.05, 4.69) is 15.3 Å². The number of thioether (sulfide) groups is 1. The molecule has 274 valence electrons. The van der Waals surface area contributed by atoms with Crippen molar-refractivity contribution < 1.29 is 43.3 Å². The average Bonchev–Trinajstić information content (AvgIpc) is 3.40. The van der Waals surface area contributed by atoms with E-state index in [1.807, 2.05) is 6.92 Å². The second kappa shape index (κ2) is 15.2. The first-order valence-electron chi connectivity index (χ1n) is 16.7. The van der Waals surface area contributed by atoms with Gasteiger partial charge in [-0.25, -0.2) is 14.6 Å². The predicted molar refractivity (Wildman–Crippen MR) is 198 cm³/mol. The van der Waals surface area contributed by atoms with E-state index in [0.29, 0.717) is 28.1 Å². The number of nitrogens with one attached hydrogen (secondary N) is 1. The molecule has 13 nitrogen and oxygen atoms in total. The highest BCUT2D eigenvalue weighted by Gasteiger charge is 2.64. The van der Waals surface area contributed by atoms with Crippen LogP contribution in [0.25, 0.3) is 10.9 Å². The maximum Gasteiger partial charge on any atom is 0.513 e. The van der Waals surface area contributed by atoms with Gasteiger partial charge in [-0.2, -0.15) is 0 Å². The predicted octanol–water partition coefficient (Wildman–Crippen LogP) is 5.83. The molecule has 2 N–H and O–H groups in total. The third-order valence-electron chi connectivity index (χ3n) is 8.84. The largest absolute Gasteiger partial charge is 0.513 e. The molecule has 6 rings (SSSR count). The highest BCUT2D eigenvalue weighted by molar-refractivity contribution is 8.01. The van der Waals surface area contributed by atoms with Crippen molar-refractivity contribution in [3.05, 3.63) is 100 Å². The van der Waals surface area contributed by atoms with E-state index < -0.39 is 52.1 Å². The topological polar surface area (TPSA) is 174 Å². The Labute approximate surface area is 313 Å². The van der Waals surface area contributed by atoms with Crippen LogP contribution in [0.15, 0.2) is 77.9 Å². The van der Waals surface area contributed by atoms with Gasteiger partial charge in [0.2, 0.25) is 5.91 Å². The first-order valence-corrected chi connectivity index (χ1v) is 18.0. The number of hydrogen-bond acceptors (Lipinski definition) is 10. The number of pyridine rings is 1. The number of halogens is 1. The van der Waals surface area contributed by atoms with E-state index in [1.165, 1.54) is 22.9 Å². The molecule has 4 aromatic rings. The number of rotatable bonds is 11. The molecule has 0 aliphatic carbocycles. The number of hydrogen-bond donors (Lipinski definition) is 2. The highest BCUT2D eigenvalue weighted by Crippen LogP contribution is 2.50. The van der Waals surface area contributed by atoms with E-state index in [1.54, 1.807) is 87.5 Å². The summed E-state index contributed by atoms with van der Waals surface area (Å²) in [6.45, 7) is 7.21. The van der Waals surface area contributed by atoms with E-state index in [-0.39, 0.29) is 35.8 Å². The number of fused-ring (bicyclic) bond motifs is 2. The standard InChI is InChI=1S/C38H35ClN4O9S/c1-5-20-16-25-27(17-22(20)19-51-24-14-12-23(39)13-15-24)40-18-26(30(25)52-37(49)50-6-2)32(44)41-28(21-10-8-7-9-11-21)33(45)42-29-34(46)43-31(36(47)48)38(3,4)53-35(29)43/h7-18,29,31,35H,5-6,19H2,1-4H3,(H,42,45)(H,47,48)/t29-,31+,35-/m1/s1. The first-order chi connectivity index (χ1) is 25.3. The molecule has 0 bridgehead atoms. The van der Waals surface area contributed by atoms with Crippen molar-refractivity contribution in [2.75, 3.05) is 6.61 Å². The van der Waals surface area contributed by atoms with Crippen LogP contribution in [0.1, 0.15) is 54.7 Å². The van der Waals surface area contributed by atoms with Gasteiger partial charge in [0.15, 0.2) is 5.75 Å². The molecular weight excluding hydrogens is 724 g/mol. The molecule has 3 aromatic carbocycles. The van der Waals surface area contributed by atoms with Gasteiger partial charge in [0, 0.05) is 26.9 Å². The number of ether oxygens (including phenoxy) is 3. The molecule has 0 saturated carbocycles. The van der Waals surface area contributed by atoms with Gasteiger partial charge in [-0.15, -0.1) is 11.8 Å². The maximum atomic E-state index is 14.0. The van der Waals surface area contributed by atoms with Crippen LogP contribution in [-0.4, -0.2) is 79.4 Å². The molecule has 3 heterocycles. The molecule has 0 spiro atoms. The van der Waals surface area contributed by atoms with Gasteiger partial charge >= 0.3 is 12.1 Å². The van der Waals surface area contributed by atoms with Crippen molar-refractivity contribution in [3.63, 3.8) is 0 Å². The van der Waals surface area contributed by atoms with E-state index in [9.17, 15) is 29.1 Å². The number of amides is 3. The van der Waals surface area contributed by atoms with Gasteiger partial charge in [-0.1, -0.05) is 48.9 Å². The van der Waals surface area contributed by atoms with Gasteiger partial charge in [0.25, 0.3) is 11.8 Å². The summed E-state index contributed by atoms with van der Waals surface area (Å²) in [6, 6.07) is 16.5. The van der Waals surface area contributed by atoms with Gasteiger partial charge in [-0.3, -0.25) is 19.4 Å². The number of carboxylic acids is 1. The summed E-state index contributed by atoms with van der Waals surface area (Å²) >= 11 is 7.27. The summed E-state index contributed by atoms with van der Waals surface area (Å²) < 4.78 is 15.8. The van der Waals surface area contributed by atoms with Gasteiger partial charge in [0.1, 0.15) is 41.1 Å². The maximum absolute atomic E-state index is 14.0. The summed E-state index contributed by atoms with van der Waals surface area (Å²) in [7, 11) is 0. The van der Waals surface area contributed by atoms with Gasteiger partial charge in [-0.05, 0) is 74.7 Å². The molecular formula is C38H35ClN4O9S. The summed E-state index contributed by atoms with van der Waals surface area (Å²) in [5.41, 5.74) is 1.77. The summed E-state index contributed by atoms with van der Waals surface area (Å²) in [6.07, 6.45) is 0.705. The second-order valence-electron chi connectivity index (χ2n) is 12.7. The van der Waals surface area contributed by atoms with E-state index in [4.69, 9.17) is 25.8 Å². The number of carboxylic acid groups (broad SMARTS) is 1. The number of carbonyl (C=O) groups is 5. The number of aliphatic carboxylic acids is 1. The molecule has 15 heteroatoms. The zero-order valence-corrected chi connectivity index (χ0v) is 30.7. The molecule has 53 heavy (non-hydrogen) atoms. The number of nitrogens with zero attached hydrogens (tertiary/aromatic N) is 3. The Morgan fingerprint density at radius 1 is 1.04 bits per heavy atom. The number of carbonyl (C=O) groups excluding carboxylic acids is 4. The number of aliphatic imine (C=N–C) groups is 1. The average molecular weight is 759 g/mol. The van der Waals surface area contributed by atoms with Crippen molar-refractivity contribution in [3.8, 4) is 11.5 Å². The smallest absolute Gasteiger partial charge is 0.489 e. The Hall–Kier alpha value is -5.47. The summed E-state index contributed by atoms with van der Waals surface area (Å²) in [5.74, 6) is -3.03. The zero-order valence-electron chi connectivity index (χ0n) is 29.1. The van der Waals surface area contributed by atoms with Crippen molar-refractivity contribution >= 4 is 69.8 Å². The molecule has 0 unspecified atom stereocenters. The fraction of sp³-hybridized carbons (Fsp3) is 0.289. The molecule has 2 aliphatic heterocycles. The summed E-state index contributed by atoms with van der Waals surface area (Å²) in [4.78, 5) is 75.7. The van der Waals surface area contributed by atoms with Crippen LogP contribution in [0.2, 0.25) is 5.02 Å². The van der Waals surface area contributed by atoms with Crippen LogP contribution in [0.4, 0.5) is 4.79 Å². The van der Waals surface area contributed by atoms with E-state index in [0.717, 1.165) is 11.1 Å². The van der Waals surface area contributed by atoms with Gasteiger partial charge in [0.05, 0.1) is 12.1 Å². The van der Waals surface area contributed by atoms with Crippen LogP contribution < -0.4 is 14.8 Å². The molecule has 0 radical (unpaired) electrons. The minimum atomic E-state index is -1.14. The van der Waals surface area contributed by atoms with Gasteiger partial charge < -0.3 is 29.5 Å². The normalized spacial score (nSPS) is 18.9. The fourth-order valence-electron chi connectivity index (χ4n) is 6.31. The second-order valence-corrected chi connectivity index (χ2v) is 14.9. The lowest BCUT2D eigenvalue weighted by Crippen LogP contribution is -2.71. The minimum absolute atomic E-state index is 0.00892. The third kappa shape index (κ3) is 7.55. The lowest BCUT2D eigenvalue weighted by molar-refractivity contribution is -0.160. The first kappa shape index (κ1) is 37.3. The zero-order chi connectivity index (χ0) is 38.0. The minimum Gasteiger partial charge on any atom is -0.489 e. The number of aromatic nitrogens is 1. The fourth-order valence-corrected chi connectivity index (χ4v) is 8.06. The Kier molecular flexibility index (Phi) is 10.7. The van der Waals surface area contributed by atoms with Crippen LogP contribution in [0, 0.1) is 0 Å². The molecule has 1 aromatic heterocycles. The van der Waals surface area contributed by atoms with Crippen LogP contribution in [0.3, 0.4) is 0 Å². The van der Waals surface area contributed by atoms with Crippen molar-refractivity contribution in [2.45, 2.75) is 62.9 Å². The number of aryl methyl sites for hydroxylation is 1. The molecule has 3 amide bonds. The van der Waals surface area contributed by atoms with E-state index >= 15 is 0 Å². The lowest BCUT2D eigenvalue weighted by atomic mass is 9.96. The molecule has 2 saturated heterocycles. The Balaban J connectivity index is 1.35. The van der Waals surface area contributed by atoms with Crippen molar-refractivity contribution in [2.24, 2.45) is 4.99 Å². The van der Waals surface area contributed by atoms with Crippen molar-refractivity contribution in [1.82, 2.24) is 15.2 Å². The van der Waals surface area contributed by atoms with Crippen molar-refractivity contribution in [1.29, 1.82) is 0 Å². The summed E-state index contributed by atoms with van der Waals surface area (Å²) in [5, 5.41) is 12.7.